The van der Waals surface area contributed by atoms with Gasteiger partial charge in [0, 0.05) is 12.8 Å². The van der Waals surface area contributed by atoms with Gasteiger partial charge < -0.3 is 64.2 Å². The van der Waals surface area contributed by atoms with Gasteiger partial charge in [-0.25, -0.2) is 0 Å². The fourth-order valence-corrected chi connectivity index (χ4v) is 6.21. The summed E-state index contributed by atoms with van der Waals surface area (Å²) in [5.74, 6) is -0.932. The average molecular weight is 753 g/mol. The number of carbonyl (C=O) groups excluding carboxylic acids is 2. The summed E-state index contributed by atoms with van der Waals surface area (Å²) in [5, 5.41) is 71.4. The van der Waals surface area contributed by atoms with Crippen LogP contribution in [-0.4, -0.2) is 142 Å². The molecule has 0 aromatic rings. The van der Waals surface area contributed by atoms with Crippen LogP contribution in [0.4, 0.5) is 0 Å². The first-order valence-corrected chi connectivity index (χ1v) is 19.6. The van der Waals surface area contributed by atoms with Gasteiger partial charge in [-0.15, -0.1) is 0 Å². The van der Waals surface area contributed by atoms with E-state index in [1.165, 1.54) is 51.4 Å². The summed E-state index contributed by atoms with van der Waals surface area (Å²) >= 11 is 0. The second-order valence-electron chi connectivity index (χ2n) is 14.1. The SMILES string of the molecule is CCCCCCCCCCC(=O)OCC(COC1OC(COC2OC(CO)C(O)C(O)C2O)C(O)C(O)C1O)OC(=O)CCCCCCCCCC. The molecule has 11 unspecified atom stereocenters. The van der Waals surface area contributed by atoms with Gasteiger partial charge in [-0.05, 0) is 12.8 Å². The largest absolute Gasteiger partial charge is 0.462 e. The van der Waals surface area contributed by atoms with E-state index in [0.29, 0.717) is 12.8 Å². The number of carbonyl (C=O) groups is 2. The topological polar surface area (TPSA) is 231 Å². The summed E-state index contributed by atoms with van der Waals surface area (Å²) < 4.78 is 33.2. The molecule has 0 bridgehead atoms. The van der Waals surface area contributed by atoms with E-state index >= 15 is 0 Å². The van der Waals surface area contributed by atoms with Crippen LogP contribution in [0.3, 0.4) is 0 Å². The fraction of sp³-hybridized carbons (Fsp3) is 0.946. The molecule has 2 aliphatic heterocycles. The summed E-state index contributed by atoms with van der Waals surface area (Å²) in [6.45, 7) is 2.47. The maximum atomic E-state index is 12.8. The van der Waals surface area contributed by atoms with Crippen molar-refractivity contribution in [2.24, 2.45) is 0 Å². The molecule has 2 heterocycles. The smallest absolute Gasteiger partial charge is 0.306 e. The van der Waals surface area contributed by atoms with Crippen molar-refractivity contribution in [2.45, 2.75) is 197 Å². The Bertz CT molecular complexity index is 939. The zero-order valence-electron chi connectivity index (χ0n) is 31.3. The Kier molecular flexibility index (Phi) is 24.3. The van der Waals surface area contributed by atoms with Crippen LogP contribution in [0, 0.1) is 0 Å². The third-order valence-electron chi connectivity index (χ3n) is 9.59. The van der Waals surface area contributed by atoms with Gasteiger partial charge in [-0.1, -0.05) is 104 Å². The normalized spacial score (nSPS) is 29.9. The van der Waals surface area contributed by atoms with Crippen molar-refractivity contribution in [3.63, 3.8) is 0 Å². The molecule has 0 spiro atoms. The molecule has 0 saturated carbocycles. The Morgan fingerprint density at radius 1 is 0.538 bits per heavy atom. The quantitative estimate of drug-likeness (QED) is 0.0449. The second-order valence-corrected chi connectivity index (χ2v) is 14.1. The van der Waals surface area contributed by atoms with Crippen LogP contribution in [0.1, 0.15) is 129 Å². The molecule has 52 heavy (non-hydrogen) atoms. The summed E-state index contributed by atoms with van der Waals surface area (Å²) in [7, 11) is 0. The van der Waals surface area contributed by atoms with Gasteiger partial charge in [0.15, 0.2) is 18.7 Å². The zero-order valence-corrected chi connectivity index (χ0v) is 31.3. The zero-order chi connectivity index (χ0) is 38.3. The van der Waals surface area contributed by atoms with E-state index in [1.807, 2.05) is 0 Å². The van der Waals surface area contributed by atoms with Gasteiger partial charge in [0.2, 0.25) is 0 Å². The first-order chi connectivity index (χ1) is 25.0. The molecule has 2 rings (SSSR count). The molecule has 0 amide bonds. The standard InChI is InChI=1S/C37H68O15/c1-3-5-7-9-11-13-15-17-19-28(39)47-22-25(50-29(40)20-18-16-14-12-10-8-6-4-2)23-48-36-35(46)33(44)31(42)27(52-36)24-49-37-34(45)32(43)30(41)26(21-38)51-37/h25-27,30-38,41-46H,3-24H2,1-2H3. The van der Waals surface area contributed by atoms with E-state index in [4.69, 9.17) is 28.4 Å². The van der Waals surface area contributed by atoms with Gasteiger partial charge >= 0.3 is 11.9 Å². The third kappa shape index (κ3) is 17.3. The van der Waals surface area contributed by atoms with Gasteiger partial charge in [-0.2, -0.15) is 0 Å². The first-order valence-electron chi connectivity index (χ1n) is 19.6. The number of hydrogen-bond acceptors (Lipinski definition) is 15. The highest BCUT2D eigenvalue weighted by Gasteiger charge is 2.47. The predicted molar refractivity (Wildman–Crippen MR) is 188 cm³/mol. The van der Waals surface area contributed by atoms with Crippen LogP contribution in [0.25, 0.3) is 0 Å². The molecule has 2 aliphatic rings. The summed E-state index contributed by atoms with van der Waals surface area (Å²) in [6.07, 6.45) is 0.595. The lowest BCUT2D eigenvalue weighted by Gasteiger charge is -2.42. The lowest BCUT2D eigenvalue weighted by molar-refractivity contribution is -0.332. The van der Waals surface area contributed by atoms with Gasteiger partial charge in [0.25, 0.3) is 0 Å². The molecule has 15 heteroatoms. The Morgan fingerprint density at radius 2 is 0.981 bits per heavy atom. The molecule has 2 saturated heterocycles. The Labute approximate surface area is 308 Å². The summed E-state index contributed by atoms with van der Waals surface area (Å²) in [5.41, 5.74) is 0. The van der Waals surface area contributed by atoms with Gasteiger partial charge in [0.05, 0.1) is 19.8 Å². The fourth-order valence-electron chi connectivity index (χ4n) is 6.21. The minimum atomic E-state index is -1.76. The first kappa shape index (κ1) is 46.7. The van der Waals surface area contributed by atoms with Crippen LogP contribution < -0.4 is 0 Å². The molecule has 0 aromatic heterocycles. The Morgan fingerprint density at radius 3 is 1.50 bits per heavy atom. The lowest BCUT2D eigenvalue weighted by Crippen LogP contribution is -2.61. The molecule has 7 N–H and O–H groups in total. The maximum absolute atomic E-state index is 12.8. The molecular formula is C37H68O15. The van der Waals surface area contributed by atoms with Crippen molar-refractivity contribution in [1.29, 1.82) is 0 Å². The third-order valence-corrected chi connectivity index (χ3v) is 9.59. The van der Waals surface area contributed by atoms with E-state index in [1.54, 1.807) is 0 Å². The lowest BCUT2D eigenvalue weighted by atomic mass is 9.98. The molecule has 11 atom stereocenters. The van der Waals surface area contributed by atoms with Crippen molar-refractivity contribution >= 4 is 11.9 Å². The van der Waals surface area contributed by atoms with Crippen molar-refractivity contribution in [3.05, 3.63) is 0 Å². The van der Waals surface area contributed by atoms with E-state index in [-0.39, 0.29) is 26.1 Å². The number of aliphatic hydroxyl groups is 7. The van der Waals surface area contributed by atoms with Crippen molar-refractivity contribution in [2.75, 3.05) is 26.4 Å². The van der Waals surface area contributed by atoms with E-state index in [2.05, 4.69) is 13.8 Å². The number of ether oxygens (including phenoxy) is 6. The molecule has 2 fully saturated rings. The number of aliphatic hydroxyl groups excluding tert-OH is 7. The minimum Gasteiger partial charge on any atom is -0.462 e. The van der Waals surface area contributed by atoms with Crippen LogP contribution in [0.5, 0.6) is 0 Å². The van der Waals surface area contributed by atoms with E-state index < -0.39 is 92.7 Å². The van der Waals surface area contributed by atoms with Crippen LogP contribution in [0.2, 0.25) is 0 Å². The number of esters is 2. The van der Waals surface area contributed by atoms with Gasteiger partial charge in [0.1, 0.15) is 55.4 Å². The van der Waals surface area contributed by atoms with Crippen LogP contribution >= 0.6 is 0 Å². The molecule has 0 aromatic carbocycles. The Balaban J connectivity index is 1.92. The molecule has 0 aliphatic carbocycles. The van der Waals surface area contributed by atoms with Crippen molar-refractivity contribution in [1.82, 2.24) is 0 Å². The van der Waals surface area contributed by atoms with Crippen molar-refractivity contribution in [3.8, 4) is 0 Å². The van der Waals surface area contributed by atoms with E-state index in [9.17, 15) is 45.3 Å². The highest BCUT2D eigenvalue weighted by molar-refractivity contribution is 5.70. The highest BCUT2D eigenvalue weighted by Crippen LogP contribution is 2.26. The van der Waals surface area contributed by atoms with Crippen LogP contribution in [-0.2, 0) is 38.0 Å². The summed E-state index contributed by atoms with van der Waals surface area (Å²) in [6, 6.07) is 0. The number of hydrogen-bond donors (Lipinski definition) is 7. The molecule has 306 valence electrons. The molecule has 15 nitrogen and oxygen atoms in total. The van der Waals surface area contributed by atoms with Gasteiger partial charge in [-0.3, -0.25) is 9.59 Å². The monoisotopic (exact) mass is 752 g/mol. The van der Waals surface area contributed by atoms with Crippen LogP contribution in [0.15, 0.2) is 0 Å². The van der Waals surface area contributed by atoms with Crippen molar-refractivity contribution < 1.29 is 73.8 Å². The summed E-state index contributed by atoms with van der Waals surface area (Å²) in [4.78, 5) is 25.3. The average Bonchev–Trinajstić information content (AvgIpc) is 3.13. The maximum Gasteiger partial charge on any atom is 0.306 e. The highest BCUT2D eigenvalue weighted by atomic mass is 16.7. The minimum absolute atomic E-state index is 0.169. The van der Waals surface area contributed by atoms with E-state index in [0.717, 1.165) is 38.5 Å². The number of rotatable bonds is 28. The molecule has 0 radical (unpaired) electrons. The Hall–Kier alpha value is -1.50. The molecular weight excluding hydrogens is 684 g/mol. The number of unbranched alkanes of at least 4 members (excludes halogenated alkanes) is 14. The second kappa shape index (κ2) is 27.1. The predicted octanol–water partition coefficient (Wildman–Crippen LogP) is 2.14.